The van der Waals surface area contributed by atoms with Gasteiger partial charge in [0.2, 0.25) is 15.9 Å². The smallest absolute Gasteiger partial charge is 0.243 e. The zero-order valence-corrected chi connectivity index (χ0v) is 19.3. The quantitative estimate of drug-likeness (QED) is 0.399. The molecule has 1 saturated heterocycles. The van der Waals surface area contributed by atoms with Crippen molar-refractivity contribution in [3.63, 3.8) is 0 Å². The first-order chi connectivity index (χ1) is 16.0. The lowest BCUT2D eigenvalue weighted by atomic mass is 10.2. The molecule has 0 unspecified atom stereocenters. The van der Waals surface area contributed by atoms with Crippen LogP contribution >= 0.6 is 11.8 Å². The number of piperazine rings is 1. The third-order valence-corrected chi connectivity index (χ3v) is 8.47. The fourth-order valence-electron chi connectivity index (χ4n) is 3.83. The number of sulfonamides is 1. The van der Waals surface area contributed by atoms with E-state index >= 15 is 0 Å². The first-order valence-electron chi connectivity index (χ1n) is 10.5. The van der Waals surface area contributed by atoms with Crippen LogP contribution in [0.15, 0.2) is 58.7 Å². The minimum atomic E-state index is -3.69. The summed E-state index contributed by atoms with van der Waals surface area (Å²) in [7, 11) is -3.69. The lowest BCUT2D eigenvalue weighted by molar-refractivity contribution is -0.129. The van der Waals surface area contributed by atoms with Gasteiger partial charge in [-0.15, -0.1) is 0 Å². The second kappa shape index (κ2) is 9.16. The van der Waals surface area contributed by atoms with Crippen LogP contribution in [0.1, 0.15) is 0 Å². The molecule has 9 nitrogen and oxygen atoms in total. The van der Waals surface area contributed by atoms with Crippen molar-refractivity contribution in [2.45, 2.75) is 9.92 Å². The summed E-state index contributed by atoms with van der Waals surface area (Å²) in [6.45, 7) is 2.00. The third kappa shape index (κ3) is 4.48. The number of aromatic nitrogens is 2. The van der Waals surface area contributed by atoms with Crippen molar-refractivity contribution in [2.24, 2.45) is 0 Å². The summed E-state index contributed by atoms with van der Waals surface area (Å²) < 4.78 is 38.6. The van der Waals surface area contributed by atoms with Crippen LogP contribution in [0.25, 0.3) is 10.9 Å². The van der Waals surface area contributed by atoms with Gasteiger partial charge in [0.25, 0.3) is 0 Å². The van der Waals surface area contributed by atoms with Gasteiger partial charge in [0.1, 0.15) is 24.6 Å². The van der Waals surface area contributed by atoms with E-state index in [2.05, 4.69) is 9.97 Å². The molecule has 1 amide bonds. The summed E-state index contributed by atoms with van der Waals surface area (Å²) in [4.78, 5) is 23.2. The fraction of sp³-hybridized carbons (Fsp3) is 0.318. The van der Waals surface area contributed by atoms with E-state index in [1.807, 2.05) is 24.3 Å². The van der Waals surface area contributed by atoms with Crippen LogP contribution in [0.2, 0.25) is 0 Å². The van der Waals surface area contributed by atoms with Crippen molar-refractivity contribution in [2.75, 3.05) is 45.1 Å². The van der Waals surface area contributed by atoms with Gasteiger partial charge >= 0.3 is 0 Å². The number of nitrogens with zero attached hydrogens (tertiary/aromatic N) is 4. The van der Waals surface area contributed by atoms with E-state index in [9.17, 15) is 13.2 Å². The molecule has 1 fully saturated rings. The van der Waals surface area contributed by atoms with Gasteiger partial charge in [-0.1, -0.05) is 30.0 Å². The average molecular weight is 487 g/mol. The number of rotatable bonds is 5. The van der Waals surface area contributed by atoms with E-state index in [0.717, 1.165) is 15.9 Å². The molecular formula is C22H22N4O5S2. The van der Waals surface area contributed by atoms with Gasteiger partial charge in [-0.3, -0.25) is 4.79 Å². The molecule has 33 heavy (non-hydrogen) atoms. The van der Waals surface area contributed by atoms with Crippen molar-refractivity contribution < 1.29 is 22.7 Å². The van der Waals surface area contributed by atoms with Gasteiger partial charge in [-0.25, -0.2) is 18.4 Å². The number of carbonyl (C=O) groups is 1. The van der Waals surface area contributed by atoms with Gasteiger partial charge in [-0.05, 0) is 18.2 Å². The van der Waals surface area contributed by atoms with Crippen LogP contribution in [0, 0.1) is 0 Å². The number of para-hydroxylation sites is 1. The number of amides is 1. The van der Waals surface area contributed by atoms with E-state index in [-0.39, 0.29) is 29.6 Å². The van der Waals surface area contributed by atoms with Crippen molar-refractivity contribution in [1.82, 2.24) is 19.2 Å². The highest BCUT2D eigenvalue weighted by Crippen LogP contribution is 2.33. The number of ether oxygens (including phenoxy) is 2. The largest absolute Gasteiger partial charge is 0.486 e. The molecule has 0 aliphatic carbocycles. The van der Waals surface area contributed by atoms with E-state index < -0.39 is 10.0 Å². The van der Waals surface area contributed by atoms with Crippen LogP contribution in [0.3, 0.4) is 0 Å². The number of benzene rings is 2. The van der Waals surface area contributed by atoms with Crippen LogP contribution < -0.4 is 9.47 Å². The molecule has 3 aromatic rings. The maximum atomic E-state index is 13.1. The van der Waals surface area contributed by atoms with E-state index in [4.69, 9.17) is 9.47 Å². The number of hydrogen-bond acceptors (Lipinski definition) is 8. The predicted octanol–water partition coefficient (Wildman–Crippen LogP) is 2.03. The maximum Gasteiger partial charge on any atom is 0.243 e. The molecule has 0 saturated carbocycles. The summed E-state index contributed by atoms with van der Waals surface area (Å²) in [5.74, 6) is 1.17. The molecule has 2 aliphatic rings. The molecule has 5 rings (SSSR count). The molecule has 0 radical (unpaired) electrons. The molecule has 2 aromatic carbocycles. The normalized spacial score (nSPS) is 16.7. The Hall–Kier alpha value is -2.89. The molecule has 0 spiro atoms. The minimum Gasteiger partial charge on any atom is -0.486 e. The molecule has 3 heterocycles. The van der Waals surface area contributed by atoms with Crippen LogP contribution in [-0.4, -0.2) is 78.6 Å². The molecule has 0 atom stereocenters. The van der Waals surface area contributed by atoms with E-state index in [1.54, 1.807) is 11.0 Å². The average Bonchev–Trinajstić information content (AvgIpc) is 2.87. The first-order valence-corrected chi connectivity index (χ1v) is 12.9. The summed E-state index contributed by atoms with van der Waals surface area (Å²) in [5.41, 5.74) is 0.834. The van der Waals surface area contributed by atoms with Crippen LogP contribution in [0.4, 0.5) is 0 Å². The van der Waals surface area contributed by atoms with Gasteiger partial charge in [0.05, 0.1) is 16.2 Å². The standard InChI is InChI=1S/C22H22N4O5S2/c27-21(14-32-22-17-3-1-2-4-18(17)23-15-24-22)25-7-9-26(10-8-25)33(28,29)16-5-6-19-20(13-16)31-12-11-30-19/h1-6,13,15H,7-12,14H2. The first kappa shape index (κ1) is 21.9. The fourth-order valence-corrected chi connectivity index (χ4v) is 6.16. The Balaban J connectivity index is 1.20. The molecule has 172 valence electrons. The molecular weight excluding hydrogens is 464 g/mol. The van der Waals surface area contributed by atoms with Gasteiger partial charge < -0.3 is 14.4 Å². The van der Waals surface area contributed by atoms with Crippen molar-refractivity contribution >= 4 is 38.6 Å². The summed E-state index contributed by atoms with van der Waals surface area (Å²) in [5, 5.41) is 1.67. The Labute approximate surface area is 195 Å². The highest BCUT2D eigenvalue weighted by Gasteiger charge is 2.31. The Morgan fingerprint density at radius 1 is 0.970 bits per heavy atom. The van der Waals surface area contributed by atoms with Crippen LogP contribution in [-0.2, 0) is 14.8 Å². The SMILES string of the molecule is O=C(CSc1ncnc2ccccc12)N1CCN(S(=O)(=O)c2ccc3c(c2)OCCO3)CC1. The zero-order valence-electron chi connectivity index (χ0n) is 17.7. The topological polar surface area (TPSA) is 102 Å². The number of carbonyl (C=O) groups excluding carboxylic acids is 1. The van der Waals surface area contributed by atoms with Crippen molar-refractivity contribution in [1.29, 1.82) is 0 Å². The monoisotopic (exact) mass is 486 g/mol. The van der Waals surface area contributed by atoms with E-state index in [1.165, 1.54) is 34.5 Å². The Morgan fingerprint density at radius 2 is 1.73 bits per heavy atom. The van der Waals surface area contributed by atoms with Crippen molar-refractivity contribution in [3.05, 3.63) is 48.8 Å². The Kier molecular flexibility index (Phi) is 6.09. The molecule has 0 N–H and O–H groups in total. The number of hydrogen-bond donors (Lipinski definition) is 0. The van der Waals surface area contributed by atoms with Crippen LogP contribution in [0.5, 0.6) is 11.5 Å². The van der Waals surface area contributed by atoms with E-state index in [0.29, 0.717) is 37.8 Å². The summed E-state index contributed by atoms with van der Waals surface area (Å²) >= 11 is 1.37. The second-order valence-corrected chi connectivity index (χ2v) is 10.5. The lowest BCUT2D eigenvalue weighted by Gasteiger charge is -2.34. The number of fused-ring (bicyclic) bond motifs is 2. The molecule has 11 heteroatoms. The zero-order chi connectivity index (χ0) is 22.8. The Bertz CT molecular complexity index is 1290. The summed E-state index contributed by atoms with van der Waals surface area (Å²) in [6.07, 6.45) is 1.50. The highest BCUT2D eigenvalue weighted by atomic mass is 32.2. The molecule has 1 aromatic heterocycles. The second-order valence-electron chi connectivity index (χ2n) is 7.57. The van der Waals surface area contributed by atoms with Gasteiger partial charge in [0, 0.05) is 37.6 Å². The predicted molar refractivity (Wildman–Crippen MR) is 123 cm³/mol. The summed E-state index contributed by atoms with van der Waals surface area (Å²) in [6, 6.07) is 12.3. The third-order valence-electron chi connectivity index (χ3n) is 5.58. The van der Waals surface area contributed by atoms with Crippen molar-refractivity contribution in [3.8, 4) is 11.5 Å². The highest BCUT2D eigenvalue weighted by molar-refractivity contribution is 8.00. The molecule has 0 bridgehead atoms. The minimum absolute atomic E-state index is 0.0425. The number of thioether (sulfide) groups is 1. The Morgan fingerprint density at radius 3 is 2.55 bits per heavy atom. The van der Waals surface area contributed by atoms with Gasteiger partial charge in [0.15, 0.2) is 11.5 Å². The maximum absolute atomic E-state index is 13.1. The molecule has 2 aliphatic heterocycles. The van der Waals surface area contributed by atoms with Gasteiger partial charge in [-0.2, -0.15) is 4.31 Å². The lowest BCUT2D eigenvalue weighted by Crippen LogP contribution is -2.50.